The lowest BCUT2D eigenvalue weighted by atomic mass is 9.82. The molecule has 2 aliphatic heterocycles. The van der Waals surface area contributed by atoms with E-state index in [-0.39, 0.29) is 30.9 Å². The van der Waals surface area contributed by atoms with Crippen LogP contribution in [0, 0.1) is 11.7 Å². The van der Waals surface area contributed by atoms with Gasteiger partial charge in [0.15, 0.2) is 11.6 Å². The van der Waals surface area contributed by atoms with Gasteiger partial charge in [-0.25, -0.2) is 4.39 Å². The fourth-order valence-corrected chi connectivity index (χ4v) is 5.07. The van der Waals surface area contributed by atoms with E-state index in [4.69, 9.17) is 9.84 Å². The number of ether oxygens (including phenoxy) is 1. The van der Waals surface area contributed by atoms with Gasteiger partial charge in [0.1, 0.15) is 5.60 Å². The Morgan fingerprint density at radius 1 is 1.05 bits per heavy atom. The number of likely N-dealkylation sites (tertiary alicyclic amines) is 1. The van der Waals surface area contributed by atoms with E-state index in [0.29, 0.717) is 49.4 Å². The standard InChI is InChI=1S/C26H26F7NO4/c1-14(23(36)37)21(35)18-4-2-15-6-7-24(38-22(15)20(18)27)8-10-34(11-9-24)13-16-12-17(25(28,29)30)3-5-19(16)26(31,32)33/h2-5,12,14,21,35H,6-11,13H2,1H3,(H,36,37)/t14-,21+/m0/s1. The summed E-state index contributed by atoms with van der Waals surface area (Å²) in [7, 11) is 0. The van der Waals surface area contributed by atoms with Crippen molar-refractivity contribution < 1.29 is 50.5 Å². The summed E-state index contributed by atoms with van der Waals surface area (Å²) in [5.74, 6) is -3.51. The van der Waals surface area contributed by atoms with E-state index in [2.05, 4.69) is 0 Å². The first kappa shape index (κ1) is 28.2. The number of carboxylic acids is 1. The maximum absolute atomic E-state index is 15.3. The lowest BCUT2D eigenvalue weighted by Crippen LogP contribution is -2.49. The van der Waals surface area contributed by atoms with Crippen LogP contribution in [-0.2, 0) is 30.1 Å². The van der Waals surface area contributed by atoms with E-state index in [1.54, 1.807) is 11.0 Å². The Kier molecular flexibility index (Phi) is 7.43. The van der Waals surface area contributed by atoms with Crippen LogP contribution in [0.4, 0.5) is 30.7 Å². The zero-order valence-corrected chi connectivity index (χ0v) is 20.3. The first-order valence-corrected chi connectivity index (χ1v) is 12.0. The molecule has 4 rings (SSSR count). The fraction of sp³-hybridized carbons (Fsp3) is 0.500. The fourth-order valence-electron chi connectivity index (χ4n) is 5.07. The van der Waals surface area contributed by atoms with Crippen LogP contribution in [0.1, 0.15) is 60.1 Å². The minimum absolute atomic E-state index is 0.0870. The molecule has 1 spiro atoms. The molecule has 0 aromatic heterocycles. The number of carboxylic acid groups (broad SMARTS) is 1. The Labute approximate surface area is 213 Å². The molecule has 0 aliphatic carbocycles. The summed E-state index contributed by atoms with van der Waals surface area (Å²) in [5.41, 5.74) is -3.27. The van der Waals surface area contributed by atoms with Crippen LogP contribution < -0.4 is 4.74 Å². The highest BCUT2D eigenvalue weighted by Crippen LogP contribution is 2.44. The molecule has 0 bridgehead atoms. The molecule has 1 saturated heterocycles. The summed E-state index contributed by atoms with van der Waals surface area (Å²) in [6.45, 7) is 1.33. The Morgan fingerprint density at radius 3 is 2.29 bits per heavy atom. The number of hydrogen-bond acceptors (Lipinski definition) is 4. The zero-order valence-electron chi connectivity index (χ0n) is 20.3. The number of halogens is 7. The molecule has 0 amide bonds. The maximum atomic E-state index is 15.3. The second-order valence-electron chi connectivity index (χ2n) is 9.96. The Balaban J connectivity index is 1.51. The Hall–Kier alpha value is -2.86. The zero-order chi connectivity index (χ0) is 28.0. The van der Waals surface area contributed by atoms with Gasteiger partial charge in [0.05, 0.1) is 23.1 Å². The van der Waals surface area contributed by atoms with Gasteiger partial charge in [0.25, 0.3) is 0 Å². The highest BCUT2D eigenvalue weighted by Gasteiger charge is 2.42. The number of aliphatic hydroxyl groups excluding tert-OH is 1. The molecular formula is C26H26F7NO4. The van der Waals surface area contributed by atoms with Crippen molar-refractivity contribution in [1.82, 2.24) is 4.90 Å². The van der Waals surface area contributed by atoms with Crippen molar-refractivity contribution in [2.24, 2.45) is 5.92 Å². The van der Waals surface area contributed by atoms with Crippen LogP contribution in [-0.4, -0.2) is 39.8 Å². The predicted molar refractivity (Wildman–Crippen MR) is 121 cm³/mol. The summed E-state index contributed by atoms with van der Waals surface area (Å²) in [4.78, 5) is 12.8. The molecule has 0 radical (unpaired) electrons. The van der Waals surface area contributed by atoms with Crippen molar-refractivity contribution in [1.29, 1.82) is 0 Å². The van der Waals surface area contributed by atoms with Crippen LogP contribution in [0.3, 0.4) is 0 Å². The third-order valence-corrected chi connectivity index (χ3v) is 7.46. The molecule has 2 aromatic carbocycles. The topological polar surface area (TPSA) is 70.0 Å². The number of aryl methyl sites for hydroxylation is 1. The number of hydrogen-bond donors (Lipinski definition) is 2. The minimum atomic E-state index is -4.81. The van der Waals surface area contributed by atoms with E-state index >= 15 is 4.39 Å². The van der Waals surface area contributed by atoms with Gasteiger partial charge in [0.2, 0.25) is 0 Å². The average molecular weight is 549 g/mol. The van der Waals surface area contributed by atoms with Gasteiger partial charge in [-0.05, 0) is 61.9 Å². The molecule has 2 aliphatic rings. The molecule has 0 unspecified atom stereocenters. The van der Waals surface area contributed by atoms with Gasteiger partial charge in [-0.2, -0.15) is 26.3 Å². The Morgan fingerprint density at radius 2 is 1.71 bits per heavy atom. The van der Waals surface area contributed by atoms with Crippen LogP contribution >= 0.6 is 0 Å². The van der Waals surface area contributed by atoms with Gasteiger partial charge in [0, 0.05) is 25.2 Å². The van der Waals surface area contributed by atoms with Gasteiger partial charge >= 0.3 is 18.3 Å². The quantitative estimate of drug-likeness (QED) is 0.450. The van der Waals surface area contributed by atoms with Crippen LogP contribution in [0.2, 0.25) is 0 Å². The number of piperidine rings is 1. The SMILES string of the molecule is C[C@H](C(=O)O)[C@@H](O)c1ccc2c(c1F)OC1(CC2)CCN(Cc2cc(C(F)(F)F)ccc2C(F)(F)F)CC1. The number of fused-ring (bicyclic) bond motifs is 1. The molecule has 0 saturated carbocycles. The third-order valence-electron chi connectivity index (χ3n) is 7.46. The average Bonchev–Trinajstić information content (AvgIpc) is 2.84. The van der Waals surface area contributed by atoms with E-state index < -0.39 is 58.5 Å². The summed E-state index contributed by atoms with van der Waals surface area (Å²) in [5, 5.41) is 19.5. The van der Waals surface area contributed by atoms with Crippen LogP contribution in [0.25, 0.3) is 0 Å². The van der Waals surface area contributed by atoms with E-state index in [0.717, 1.165) is 0 Å². The number of rotatable bonds is 5. The first-order chi connectivity index (χ1) is 17.6. The van der Waals surface area contributed by atoms with Crippen molar-refractivity contribution >= 4 is 5.97 Å². The number of nitrogens with zero attached hydrogens (tertiary/aromatic N) is 1. The largest absolute Gasteiger partial charge is 0.484 e. The third kappa shape index (κ3) is 5.61. The first-order valence-electron chi connectivity index (χ1n) is 12.0. The van der Waals surface area contributed by atoms with E-state index in [1.165, 1.54) is 13.0 Å². The molecule has 2 N–H and O–H groups in total. The smallest absolute Gasteiger partial charge is 0.416 e. The summed E-state index contributed by atoms with van der Waals surface area (Å²) in [6, 6.07) is 4.29. The van der Waals surface area contributed by atoms with E-state index in [1.807, 2.05) is 0 Å². The molecule has 5 nitrogen and oxygen atoms in total. The number of aliphatic carboxylic acids is 1. The summed E-state index contributed by atoms with van der Waals surface area (Å²) >= 11 is 0. The van der Waals surface area contributed by atoms with Crippen molar-refractivity contribution in [2.45, 2.75) is 63.2 Å². The molecule has 38 heavy (non-hydrogen) atoms. The molecular weight excluding hydrogens is 523 g/mol. The lowest BCUT2D eigenvalue weighted by molar-refractivity contribution is -0.145. The predicted octanol–water partition coefficient (Wildman–Crippen LogP) is 5.98. The second kappa shape index (κ2) is 10.0. The van der Waals surface area contributed by atoms with Gasteiger partial charge in [-0.1, -0.05) is 12.1 Å². The van der Waals surface area contributed by atoms with Crippen molar-refractivity contribution in [2.75, 3.05) is 13.1 Å². The van der Waals surface area contributed by atoms with Gasteiger partial charge in [-0.3, -0.25) is 9.69 Å². The molecule has 2 aromatic rings. The molecule has 2 atom stereocenters. The summed E-state index contributed by atoms with van der Waals surface area (Å²) < 4.78 is 101. The molecule has 208 valence electrons. The van der Waals surface area contributed by atoms with Gasteiger partial charge < -0.3 is 14.9 Å². The molecule has 1 fully saturated rings. The molecule has 2 heterocycles. The van der Waals surface area contributed by atoms with Crippen LogP contribution in [0.5, 0.6) is 5.75 Å². The van der Waals surface area contributed by atoms with Crippen molar-refractivity contribution in [3.05, 3.63) is 64.0 Å². The number of carbonyl (C=O) groups is 1. The normalized spacial score (nSPS) is 19.5. The highest BCUT2D eigenvalue weighted by atomic mass is 19.4. The number of aliphatic hydroxyl groups is 1. The summed E-state index contributed by atoms with van der Waals surface area (Å²) in [6.07, 6.45) is -9.68. The number of benzene rings is 2. The minimum Gasteiger partial charge on any atom is -0.484 e. The number of alkyl halides is 6. The van der Waals surface area contributed by atoms with E-state index in [9.17, 15) is 36.2 Å². The van der Waals surface area contributed by atoms with Crippen molar-refractivity contribution in [3.8, 4) is 5.75 Å². The second-order valence-corrected chi connectivity index (χ2v) is 9.96. The van der Waals surface area contributed by atoms with Crippen LogP contribution in [0.15, 0.2) is 30.3 Å². The highest BCUT2D eigenvalue weighted by molar-refractivity contribution is 5.70. The Bertz CT molecular complexity index is 1200. The van der Waals surface area contributed by atoms with Gasteiger partial charge in [-0.15, -0.1) is 0 Å². The van der Waals surface area contributed by atoms with Crippen molar-refractivity contribution in [3.63, 3.8) is 0 Å². The molecule has 12 heteroatoms. The monoisotopic (exact) mass is 549 g/mol. The maximum Gasteiger partial charge on any atom is 0.416 e. The lowest BCUT2D eigenvalue weighted by Gasteiger charge is -2.45.